The van der Waals surface area contributed by atoms with E-state index in [-0.39, 0.29) is 15.7 Å². The average Bonchev–Trinajstić information content (AvgIpc) is 2.27. The standard InChI is InChI=1S/C7H8N4O4S2/c8-7(16)9-10-17(14,15)6-3-1-5(2-4-6)11(12)13/h1-4,10H,(H3,8,9,16). The molecule has 0 bridgehead atoms. The number of rotatable bonds is 4. The first kappa shape index (κ1) is 13.3. The van der Waals surface area contributed by atoms with Crippen LogP contribution in [0.4, 0.5) is 5.69 Å². The van der Waals surface area contributed by atoms with E-state index in [9.17, 15) is 18.5 Å². The number of hydrogen-bond acceptors (Lipinski definition) is 5. The maximum atomic E-state index is 11.6. The molecule has 1 aromatic rings. The zero-order valence-corrected chi connectivity index (χ0v) is 9.92. The van der Waals surface area contributed by atoms with Crippen LogP contribution in [0, 0.1) is 10.1 Å². The van der Waals surface area contributed by atoms with E-state index in [1.54, 1.807) is 0 Å². The Hall–Kier alpha value is -1.78. The summed E-state index contributed by atoms with van der Waals surface area (Å²) in [6, 6.07) is 4.36. The zero-order chi connectivity index (χ0) is 13.1. The van der Waals surface area contributed by atoms with E-state index in [1.807, 2.05) is 4.83 Å². The third-order valence-corrected chi connectivity index (χ3v) is 3.03. The highest BCUT2D eigenvalue weighted by molar-refractivity contribution is 7.89. The van der Waals surface area contributed by atoms with E-state index in [1.165, 1.54) is 0 Å². The summed E-state index contributed by atoms with van der Waals surface area (Å²) < 4.78 is 23.1. The number of nitro groups is 1. The minimum absolute atomic E-state index is 0.146. The molecular formula is C7H8N4O4S2. The number of non-ortho nitro benzene ring substituents is 1. The lowest BCUT2D eigenvalue weighted by molar-refractivity contribution is -0.384. The fraction of sp³-hybridized carbons (Fsp3) is 0. The molecule has 0 heterocycles. The molecule has 0 aliphatic heterocycles. The van der Waals surface area contributed by atoms with Crippen molar-refractivity contribution in [1.29, 1.82) is 0 Å². The van der Waals surface area contributed by atoms with Gasteiger partial charge in [-0.25, -0.2) is 8.42 Å². The molecule has 0 radical (unpaired) electrons. The molecule has 0 unspecified atom stereocenters. The molecule has 92 valence electrons. The Bertz CT molecular complexity index is 539. The highest BCUT2D eigenvalue weighted by atomic mass is 32.2. The summed E-state index contributed by atoms with van der Waals surface area (Å²) >= 11 is 4.42. The van der Waals surface area contributed by atoms with Gasteiger partial charge in [0, 0.05) is 12.1 Å². The van der Waals surface area contributed by atoms with Crippen LogP contribution >= 0.6 is 12.2 Å². The SMILES string of the molecule is NC(=S)NNS(=O)(=O)c1ccc([N+](=O)[O-])cc1. The summed E-state index contributed by atoms with van der Waals surface area (Å²) in [5.41, 5.74) is 6.90. The summed E-state index contributed by atoms with van der Waals surface area (Å²) in [6.07, 6.45) is 0. The van der Waals surface area contributed by atoms with Gasteiger partial charge in [0.15, 0.2) is 5.11 Å². The molecular weight excluding hydrogens is 268 g/mol. The highest BCUT2D eigenvalue weighted by Crippen LogP contribution is 2.15. The first-order chi connectivity index (χ1) is 7.83. The molecule has 10 heteroatoms. The van der Waals surface area contributed by atoms with Gasteiger partial charge in [-0.3, -0.25) is 15.5 Å². The molecule has 0 amide bonds. The largest absolute Gasteiger partial charge is 0.375 e. The van der Waals surface area contributed by atoms with Crippen molar-refractivity contribution in [3.8, 4) is 0 Å². The summed E-state index contributed by atoms with van der Waals surface area (Å²) in [7, 11) is -3.85. The lowest BCUT2D eigenvalue weighted by Gasteiger charge is -2.07. The van der Waals surface area contributed by atoms with Crippen molar-refractivity contribution < 1.29 is 13.3 Å². The zero-order valence-electron chi connectivity index (χ0n) is 8.28. The Morgan fingerprint density at radius 1 is 1.35 bits per heavy atom. The van der Waals surface area contributed by atoms with E-state index in [0.717, 1.165) is 24.3 Å². The summed E-state index contributed by atoms with van der Waals surface area (Å²) in [6.45, 7) is 0. The van der Waals surface area contributed by atoms with Gasteiger partial charge >= 0.3 is 0 Å². The van der Waals surface area contributed by atoms with Gasteiger partial charge < -0.3 is 5.73 Å². The Morgan fingerprint density at radius 3 is 2.29 bits per heavy atom. The van der Waals surface area contributed by atoms with Crippen LogP contribution < -0.4 is 16.0 Å². The van der Waals surface area contributed by atoms with Crippen LogP contribution in [0.25, 0.3) is 0 Å². The molecule has 1 rings (SSSR count). The summed E-state index contributed by atoms with van der Waals surface area (Å²) in [5.74, 6) is 0. The molecule has 0 spiro atoms. The Kier molecular flexibility index (Phi) is 3.93. The van der Waals surface area contributed by atoms with Crippen molar-refractivity contribution in [2.45, 2.75) is 4.90 Å². The van der Waals surface area contributed by atoms with E-state index in [0.29, 0.717) is 0 Å². The monoisotopic (exact) mass is 276 g/mol. The van der Waals surface area contributed by atoms with Crippen molar-refractivity contribution in [3.05, 3.63) is 34.4 Å². The summed E-state index contributed by atoms with van der Waals surface area (Å²) in [4.78, 5) is 11.5. The second-order valence-electron chi connectivity index (χ2n) is 2.85. The first-order valence-electron chi connectivity index (χ1n) is 4.14. The minimum Gasteiger partial charge on any atom is -0.375 e. The molecule has 17 heavy (non-hydrogen) atoms. The van der Waals surface area contributed by atoms with Gasteiger partial charge in [0.25, 0.3) is 15.7 Å². The fourth-order valence-electron chi connectivity index (χ4n) is 0.923. The van der Waals surface area contributed by atoms with Gasteiger partial charge in [-0.2, -0.15) is 0 Å². The van der Waals surface area contributed by atoms with Gasteiger partial charge in [-0.1, -0.05) is 0 Å². The van der Waals surface area contributed by atoms with Crippen LogP contribution in [0.3, 0.4) is 0 Å². The molecule has 0 aliphatic carbocycles. The average molecular weight is 276 g/mol. The third-order valence-electron chi connectivity index (χ3n) is 1.67. The number of nitrogens with two attached hydrogens (primary N) is 1. The number of thiocarbonyl (C=S) groups is 1. The van der Waals surface area contributed by atoms with E-state index < -0.39 is 14.9 Å². The topological polar surface area (TPSA) is 127 Å². The number of nitrogens with one attached hydrogen (secondary N) is 2. The smallest absolute Gasteiger partial charge is 0.269 e. The number of hydrogen-bond donors (Lipinski definition) is 3. The maximum absolute atomic E-state index is 11.6. The molecule has 1 aromatic carbocycles. The maximum Gasteiger partial charge on any atom is 0.269 e. The van der Waals surface area contributed by atoms with Crippen LogP contribution in [0.5, 0.6) is 0 Å². The lowest BCUT2D eigenvalue weighted by Crippen LogP contribution is -2.44. The molecule has 0 fully saturated rings. The van der Waals surface area contributed by atoms with Crippen LogP contribution in [0.15, 0.2) is 29.2 Å². The first-order valence-corrected chi connectivity index (χ1v) is 6.04. The molecule has 0 aliphatic rings. The van der Waals surface area contributed by atoms with Crippen molar-refractivity contribution >= 4 is 33.0 Å². The lowest BCUT2D eigenvalue weighted by atomic mass is 10.3. The number of hydrazine groups is 1. The fourth-order valence-corrected chi connectivity index (χ4v) is 1.90. The minimum atomic E-state index is -3.85. The van der Waals surface area contributed by atoms with Gasteiger partial charge in [0.1, 0.15) is 0 Å². The third kappa shape index (κ3) is 3.62. The second kappa shape index (κ2) is 5.03. The molecule has 0 saturated carbocycles. The molecule has 0 atom stereocenters. The van der Waals surface area contributed by atoms with Crippen LogP contribution in [-0.2, 0) is 10.0 Å². The van der Waals surface area contributed by atoms with Crippen molar-refractivity contribution in [2.75, 3.05) is 0 Å². The van der Waals surface area contributed by atoms with Gasteiger partial charge in [-0.15, -0.1) is 4.83 Å². The van der Waals surface area contributed by atoms with E-state index in [2.05, 4.69) is 17.6 Å². The summed E-state index contributed by atoms with van der Waals surface area (Å²) in [5, 5.41) is 10.1. The Labute approximate surface area is 102 Å². The van der Waals surface area contributed by atoms with Crippen LogP contribution in [-0.4, -0.2) is 18.5 Å². The molecule has 4 N–H and O–H groups in total. The Morgan fingerprint density at radius 2 is 1.88 bits per heavy atom. The van der Waals surface area contributed by atoms with Crippen molar-refractivity contribution in [3.63, 3.8) is 0 Å². The van der Waals surface area contributed by atoms with Gasteiger partial charge in [0.2, 0.25) is 0 Å². The normalized spacial score (nSPS) is 10.8. The van der Waals surface area contributed by atoms with Crippen LogP contribution in [0.2, 0.25) is 0 Å². The van der Waals surface area contributed by atoms with E-state index in [4.69, 9.17) is 5.73 Å². The number of nitrogens with zero attached hydrogens (tertiary/aromatic N) is 1. The van der Waals surface area contributed by atoms with Crippen molar-refractivity contribution in [1.82, 2.24) is 10.3 Å². The molecule has 0 aromatic heterocycles. The van der Waals surface area contributed by atoms with E-state index >= 15 is 0 Å². The predicted octanol–water partition coefficient (Wildman–Crippen LogP) is -0.379. The van der Waals surface area contributed by atoms with Crippen molar-refractivity contribution in [2.24, 2.45) is 5.73 Å². The molecule has 0 saturated heterocycles. The highest BCUT2D eigenvalue weighted by Gasteiger charge is 2.15. The predicted molar refractivity (Wildman–Crippen MR) is 63.3 cm³/mol. The number of benzene rings is 1. The number of sulfonamides is 1. The van der Waals surface area contributed by atoms with Gasteiger partial charge in [-0.05, 0) is 24.4 Å². The Balaban J connectivity index is 2.92. The second-order valence-corrected chi connectivity index (χ2v) is 4.97. The number of nitro benzene ring substituents is 1. The van der Waals surface area contributed by atoms with Crippen LogP contribution in [0.1, 0.15) is 0 Å². The quantitative estimate of drug-likeness (QED) is 0.388. The van der Waals surface area contributed by atoms with Gasteiger partial charge in [0.05, 0.1) is 9.82 Å². The molecule has 8 nitrogen and oxygen atoms in total.